The van der Waals surface area contributed by atoms with Crippen LogP contribution in [0.25, 0.3) is 33.5 Å². The highest BCUT2D eigenvalue weighted by Crippen LogP contribution is 2.44. The lowest BCUT2D eigenvalue weighted by Gasteiger charge is -2.23. The molecule has 0 aromatic carbocycles. The van der Waals surface area contributed by atoms with E-state index in [9.17, 15) is 4.79 Å². The van der Waals surface area contributed by atoms with Crippen molar-refractivity contribution in [1.29, 1.82) is 0 Å². The van der Waals surface area contributed by atoms with Gasteiger partial charge in [0.2, 0.25) is 0 Å². The van der Waals surface area contributed by atoms with Crippen molar-refractivity contribution in [3.05, 3.63) is 42.5 Å². The maximum absolute atomic E-state index is 12.4. The van der Waals surface area contributed by atoms with Crippen LogP contribution in [0, 0.1) is 0 Å². The SMILES string of the molecule is CCNC(=O)N1CCC2(CCn3nc(-c4cnc5[nH]cc(-c6ccnn6C6CC6)c5c4)cc32)C1. The van der Waals surface area contributed by atoms with Crippen LogP contribution in [-0.4, -0.2) is 60.1 Å². The molecule has 3 aliphatic rings. The van der Waals surface area contributed by atoms with Gasteiger partial charge in [-0.3, -0.25) is 9.36 Å². The normalized spacial score (nSPS) is 21.6. The van der Waals surface area contributed by atoms with Gasteiger partial charge in [0.05, 0.1) is 17.4 Å². The smallest absolute Gasteiger partial charge is 0.317 e. The van der Waals surface area contributed by atoms with Crippen molar-refractivity contribution in [2.45, 2.75) is 50.6 Å². The molecule has 2 amide bonds. The lowest BCUT2D eigenvalue weighted by atomic mass is 9.82. The Bertz CT molecular complexity index is 1410. The number of carbonyl (C=O) groups excluding carboxylic acids is 1. The largest absolute Gasteiger partial charge is 0.345 e. The van der Waals surface area contributed by atoms with Crippen LogP contribution < -0.4 is 5.32 Å². The number of amides is 2. The van der Waals surface area contributed by atoms with E-state index < -0.39 is 0 Å². The Hall–Kier alpha value is -3.62. The number of aromatic amines is 1. The molecule has 1 saturated heterocycles. The summed E-state index contributed by atoms with van der Waals surface area (Å²) in [5.74, 6) is 0. The summed E-state index contributed by atoms with van der Waals surface area (Å²) in [7, 11) is 0. The van der Waals surface area contributed by atoms with Gasteiger partial charge in [-0.2, -0.15) is 10.2 Å². The first-order chi connectivity index (χ1) is 16.6. The molecule has 1 spiro atoms. The van der Waals surface area contributed by atoms with Gasteiger partial charge in [0.25, 0.3) is 0 Å². The minimum Gasteiger partial charge on any atom is -0.345 e. The standard InChI is InChI=1S/C25H28N8O/c1-2-26-24(34)31-9-6-25(15-31)7-10-32-22(25)12-20(30-32)16-11-18-19(14-28-23(18)27-13-16)21-5-8-29-33(21)17-3-4-17/h5,8,11-14,17H,2-4,6-7,9-10,15H2,1H3,(H,26,34)(H,27,28). The highest BCUT2D eigenvalue weighted by atomic mass is 16.2. The number of nitrogens with one attached hydrogen (secondary N) is 2. The number of carbonyl (C=O) groups is 1. The average Bonchev–Trinajstić information content (AvgIpc) is 3.31. The number of likely N-dealkylation sites (tertiary alicyclic amines) is 1. The number of urea groups is 1. The number of pyridine rings is 1. The molecule has 9 nitrogen and oxygen atoms in total. The van der Waals surface area contributed by atoms with Crippen molar-refractivity contribution in [1.82, 2.24) is 39.7 Å². The summed E-state index contributed by atoms with van der Waals surface area (Å²) in [5, 5.41) is 13.5. The number of rotatable bonds is 4. The highest BCUT2D eigenvalue weighted by molar-refractivity contribution is 5.94. The van der Waals surface area contributed by atoms with Crippen LogP contribution in [0.2, 0.25) is 0 Å². The van der Waals surface area contributed by atoms with Gasteiger partial charge in [-0.25, -0.2) is 9.78 Å². The summed E-state index contributed by atoms with van der Waals surface area (Å²) in [6.45, 7) is 5.06. The maximum Gasteiger partial charge on any atom is 0.317 e. The molecule has 2 aliphatic heterocycles. The number of nitrogens with zero attached hydrogens (tertiary/aromatic N) is 6. The van der Waals surface area contributed by atoms with Gasteiger partial charge < -0.3 is 15.2 Å². The third kappa shape index (κ3) is 2.92. The zero-order valence-corrected chi connectivity index (χ0v) is 19.3. The van der Waals surface area contributed by atoms with Crippen LogP contribution in [0.3, 0.4) is 0 Å². The Morgan fingerprint density at radius 1 is 1.26 bits per heavy atom. The van der Waals surface area contributed by atoms with Crippen molar-refractivity contribution in [3.63, 3.8) is 0 Å². The second-order valence-electron chi connectivity index (χ2n) is 9.89. The van der Waals surface area contributed by atoms with E-state index >= 15 is 0 Å². The van der Waals surface area contributed by atoms with Crippen LogP contribution >= 0.6 is 0 Å². The van der Waals surface area contributed by atoms with Crippen LogP contribution in [0.1, 0.15) is 44.3 Å². The lowest BCUT2D eigenvalue weighted by Crippen LogP contribution is -2.40. The monoisotopic (exact) mass is 456 g/mol. The van der Waals surface area contributed by atoms with E-state index in [1.165, 1.54) is 18.5 Å². The first-order valence-corrected chi connectivity index (χ1v) is 12.3. The molecule has 4 aromatic rings. The molecule has 9 heteroatoms. The van der Waals surface area contributed by atoms with Gasteiger partial charge in [-0.1, -0.05) is 0 Å². The summed E-state index contributed by atoms with van der Waals surface area (Å²) < 4.78 is 4.28. The summed E-state index contributed by atoms with van der Waals surface area (Å²) in [6, 6.07) is 7.06. The van der Waals surface area contributed by atoms with E-state index in [-0.39, 0.29) is 11.4 Å². The van der Waals surface area contributed by atoms with Gasteiger partial charge >= 0.3 is 6.03 Å². The fraction of sp³-hybridized carbons (Fsp3) is 0.440. The topological polar surface area (TPSA) is 96.7 Å². The fourth-order valence-electron chi connectivity index (χ4n) is 5.82. The predicted molar refractivity (Wildman–Crippen MR) is 128 cm³/mol. The average molecular weight is 457 g/mol. The third-order valence-corrected chi connectivity index (χ3v) is 7.76. The van der Waals surface area contributed by atoms with Crippen LogP contribution in [0.5, 0.6) is 0 Å². The van der Waals surface area contributed by atoms with Gasteiger partial charge in [0.15, 0.2) is 0 Å². The van der Waals surface area contributed by atoms with E-state index in [0.29, 0.717) is 12.6 Å². The number of H-pyrrole nitrogens is 1. The van der Waals surface area contributed by atoms with Crippen LogP contribution in [-0.2, 0) is 12.0 Å². The van der Waals surface area contributed by atoms with Crippen molar-refractivity contribution in [2.75, 3.05) is 19.6 Å². The van der Waals surface area contributed by atoms with Gasteiger partial charge in [-0.15, -0.1) is 0 Å². The molecular formula is C25H28N8O. The Balaban J connectivity index is 1.23. The molecule has 0 bridgehead atoms. The van der Waals surface area contributed by atoms with E-state index in [1.807, 2.05) is 30.4 Å². The molecule has 1 aliphatic carbocycles. The molecule has 1 unspecified atom stereocenters. The van der Waals surface area contributed by atoms with E-state index in [4.69, 9.17) is 10.1 Å². The molecule has 2 fully saturated rings. The first kappa shape index (κ1) is 19.8. The minimum absolute atomic E-state index is 0.00384. The highest BCUT2D eigenvalue weighted by Gasteiger charge is 2.46. The van der Waals surface area contributed by atoms with Crippen LogP contribution in [0.4, 0.5) is 4.79 Å². The van der Waals surface area contributed by atoms with Crippen molar-refractivity contribution >= 4 is 17.1 Å². The number of hydrogen-bond donors (Lipinski definition) is 2. The Morgan fingerprint density at radius 3 is 3.00 bits per heavy atom. The molecule has 34 heavy (non-hydrogen) atoms. The summed E-state index contributed by atoms with van der Waals surface area (Å²) in [6.07, 6.45) is 10.2. The van der Waals surface area contributed by atoms with Gasteiger partial charge in [0, 0.05) is 72.4 Å². The lowest BCUT2D eigenvalue weighted by molar-refractivity contribution is 0.206. The van der Waals surface area contributed by atoms with Gasteiger partial charge in [-0.05, 0) is 50.8 Å². The number of aromatic nitrogens is 6. The second kappa shape index (κ2) is 7.19. The molecule has 4 aromatic heterocycles. The maximum atomic E-state index is 12.4. The predicted octanol–water partition coefficient (Wildman–Crippen LogP) is 3.70. The molecule has 174 valence electrons. The van der Waals surface area contributed by atoms with Crippen molar-refractivity contribution < 1.29 is 4.79 Å². The minimum atomic E-state index is 0.00384. The summed E-state index contributed by atoms with van der Waals surface area (Å²) in [5.41, 5.74) is 6.35. The number of hydrogen-bond acceptors (Lipinski definition) is 4. The molecule has 0 radical (unpaired) electrons. The number of fused-ring (bicyclic) bond motifs is 3. The second-order valence-corrected chi connectivity index (χ2v) is 9.89. The molecule has 1 atom stereocenters. The Morgan fingerprint density at radius 2 is 2.15 bits per heavy atom. The summed E-state index contributed by atoms with van der Waals surface area (Å²) >= 11 is 0. The molecule has 2 N–H and O–H groups in total. The third-order valence-electron chi connectivity index (χ3n) is 7.76. The quantitative estimate of drug-likeness (QED) is 0.489. The Labute approximate surface area is 197 Å². The van der Waals surface area contributed by atoms with E-state index in [2.05, 4.69) is 43.0 Å². The number of aryl methyl sites for hydroxylation is 1. The molecule has 1 saturated carbocycles. The van der Waals surface area contributed by atoms with Gasteiger partial charge in [0.1, 0.15) is 5.65 Å². The zero-order chi connectivity index (χ0) is 22.9. The Kier molecular flexibility index (Phi) is 4.19. The molecule has 7 rings (SSSR count). The molecule has 6 heterocycles. The van der Waals surface area contributed by atoms with E-state index in [1.54, 1.807) is 0 Å². The van der Waals surface area contributed by atoms with Crippen LogP contribution in [0.15, 0.2) is 36.8 Å². The first-order valence-electron chi connectivity index (χ1n) is 12.3. The zero-order valence-electron chi connectivity index (χ0n) is 19.3. The summed E-state index contributed by atoms with van der Waals surface area (Å²) in [4.78, 5) is 22.4. The van der Waals surface area contributed by atoms with Crippen molar-refractivity contribution in [2.24, 2.45) is 0 Å². The fourth-order valence-corrected chi connectivity index (χ4v) is 5.82. The molecular weight excluding hydrogens is 428 g/mol. The van der Waals surface area contributed by atoms with Crippen molar-refractivity contribution in [3.8, 4) is 22.5 Å². The van der Waals surface area contributed by atoms with E-state index in [0.717, 1.165) is 66.0 Å².